The van der Waals surface area contributed by atoms with Crippen molar-refractivity contribution in [3.05, 3.63) is 36.4 Å². The molecule has 0 saturated heterocycles. The topological polar surface area (TPSA) is 49.4 Å². The maximum atomic E-state index is 11.8. The minimum absolute atomic E-state index is 0.312. The van der Waals surface area contributed by atoms with Crippen LogP contribution in [-0.4, -0.2) is 33.4 Å². The number of hydrogen-bond acceptors (Lipinski definition) is 3. The first kappa shape index (κ1) is 14.7. The van der Waals surface area contributed by atoms with Gasteiger partial charge in [0.1, 0.15) is 0 Å². The number of hydrogen-bond donors (Lipinski definition) is 1. The Kier molecular flexibility index (Phi) is 5.37. The molecule has 1 N–H and O–H groups in total. The summed E-state index contributed by atoms with van der Waals surface area (Å²) in [5, 5.41) is 3.23. The molecule has 1 aromatic carbocycles. The standard InChI is InChI=1S/C13H20N2O2S/c1-4-5-6-11-14-12-7-9-13(10-8-12)18(16,17)15(2)3/h4-5,7-10,14H,6,11H2,1-3H3/b5-4+. The minimum Gasteiger partial charge on any atom is -0.385 e. The number of rotatable bonds is 6. The van der Waals surface area contributed by atoms with Gasteiger partial charge in [0.15, 0.2) is 0 Å². The van der Waals surface area contributed by atoms with E-state index in [1.54, 1.807) is 24.3 Å². The first-order valence-electron chi connectivity index (χ1n) is 5.86. The van der Waals surface area contributed by atoms with Crippen LogP contribution in [0, 0.1) is 0 Å². The summed E-state index contributed by atoms with van der Waals surface area (Å²) in [5.74, 6) is 0. The first-order valence-corrected chi connectivity index (χ1v) is 7.30. The highest BCUT2D eigenvalue weighted by Crippen LogP contribution is 2.16. The summed E-state index contributed by atoms with van der Waals surface area (Å²) in [7, 11) is -0.276. The smallest absolute Gasteiger partial charge is 0.242 e. The Labute approximate surface area is 109 Å². The zero-order chi connectivity index (χ0) is 13.6. The van der Waals surface area contributed by atoms with Gasteiger partial charge in [0.05, 0.1) is 4.90 Å². The van der Waals surface area contributed by atoms with Gasteiger partial charge in [-0.3, -0.25) is 0 Å². The molecule has 5 heteroatoms. The molecule has 0 heterocycles. The van der Waals surface area contributed by atoms with Crippen molar-refractivity contribution in [1.29, 1.82) is 0 Å². The molecule has 0 bridgehead atoms. The molecule has 0 saturated carbocycles. The van der Waals surface area contributed by atoms with Crippen molar-refractivity contribution in [3.63, 3.8) is 0 Å². The van der Waals surface area contributed by atoms with Crippen LogP contribution in [0.15, 0.2) is 41.3 Å². The lowest BCUT2D eigenvalue weighted by atomic mass is 10.3. The van der Waals surface area contributed by atoms with Crippen LogP contribution >= 0.6 is 0 Å². The van der Waals surface area contributed by atoms with Crippen LogP contribution in [0.3, 0.4) is 0 Å². The molecule has 0 fully saturated rings. The minimum atomic E-state index is -3.33. The monoisotopic (exact) mass is 268 g/mol. The average molecular weight is 268 g/mol. The van der Waals surface area contributed by atoms with Crippen LogP contribution < -0.4 is 5.32 Å². The summed E-state index contributed by atoms with van der Waals surface area (Å²) in [6.45, 7) is 2.82. The molecule has 0 unspecified atom stereocenters. The zero-order valence-electron chi connectivity index (χ0n) is 11.1. The Morgan fingerprint density at radius 2 is 1.83 bits per heavy atom. The first-order chi connectivity index (χ1) is 8.48. The highest BCUT2D eigenvalue weighted by atomic mass is 32.2. The summed E-state index contributed by atoms with van der Waals surface area (Å²) in [6, 6.07) is 6.80. The molecular weight excluding hydrogens is 248 g/mol. The molecule has 1 aromatic rings. The van der Waals surface area contributed by atoms with E-state index in [1.165, 1.54) is 18.4 Å². The van der Waals surface area contributed by atoms with Crippen LogP contribution in [0.1, 0.15) is 13.3 Å². The van der Waals surface area contributed by atoms with E-state index in [2.05, 4.69) is 11.4 Å². The molecular formula is C13H20N2O2S. The number of nitrogens with one attached hydrogen (secondary N) is 1. The van der Waals surface area contributed by atoms with Gasteiger partial charge in [0.2, 0.25) is 10.0 Å². The summed E-state index contributed by atoms with van der Waals surface area (Å²) in [5.41, 5.74) is 0.928. The number of benzene rings is 1. The summed E-state index contributed by atoms with van der Waals surface area (Å²) >= 11 is 0. The van der Waals surface area contributed by atoms with Crippen LogP contribution in [0.2, 0.25) is 0 Å². The van der Waals surface area contributed by atoms with E-state index in [9.17, 15) is 8.42 Å². The van der Waals surface area contributed by atoms with Gasteiger partial charge in [-0.05, 0) is 37.6 Å². The van der Waals surface area contributed by atoms with Gasteiger partial charge >= 0.3 is 0 Å². The van der Waals surface area contributed by atoms with Crippen molar-refractivity contribution in [2.45, 2.75) is 18.2 Å². The van der Waals surface area contributed by atoms with Gasteiger partial charge in [-0.2, -0.15) is 0 Å². The number of allylic oxidation sites excluding steroid dienone is 1. The molecule has 0 radical (unpaired) electrons. The van der Waals surface area contributed by atoms with Crippen molar-refractivity contribution in [2.24, 2.45) is 0 Å². The third-order valence-corrected chi connectivity index (χ3v) is 4.34. The quantitative estimate of drug-likeness (QED) is 0.636. The SMILES string of the molecule is C/C=C/CCNc1ccc(S(=O)(=O)N(C)C)cc1. The molecule has 1 rings (SSSR count). The van der Waals surface area contributed by atoms with Crippen molar-refractivity contribution < 1.29 is 8.42 Å². The molecule has 4 nitrogen and oxygen atoms in total. The summed E-state index contributed by atoms with van der Waals surface area (Å²) in [6.07, 6.45) is 5.04. The van der Waals surface area contributed by atoms with Crippen molar-refractivity contribution >= 4 is 15.7 Å². The van der Waals surface area contributed by atoms with Crippen molar-refractivity contribution in [1.82, 2.24) is 4.31 Å². The normalized spacial score (nSPS) is 12.2. The highest BCUT2D eigenvalue weighted by Gasteiger charge is 2.16. The zero-order valence-corrected chi connectivity index (χ0v) is 11.9. The fraction of sp³-hybridized carbons (Fsp3) is 0.385. The summed E-state index contributed by atoms with van der Waals surface area (Å²) < 4.78 is 24.9. The second kappa shape index (κ2) is 6.56. The van der Waals surface area contributed by atoms with E-state index in [0.717, 1.165) is 18.7 Å². The maximum Gasteiger partial charge on any atom is 0.242 e. The molecule has 0 spiro atoms. The van der Waals surface area contributed by atoms with Crippen molar-refractivity contribution in [2.75, 3.05) is 26.0 Å². The lowest BCUT2D eigenvalue weighted by molar-refractivity contribution is 0.521. The number of anilines is 1. The van der Waals surface area contributed by atoms with E-state index in [4.69, 9.17) is 0 Å². The third kappa shape index (κ3) is 3.85. The second-order valence-corrected chi connectivity index (χ2v) is 6.25. The van der Waals surface area contributed by atoms with E-state index >= 15 is 0 Å². The highest BCUT2D eigenvalue weighted by molar-refractivity contribution is 7.89. The molecule has 0 aliphatic heterocycles. The van der Waals surface area contributed by atoms with Gasteiger partial charge in [0, 0.05) is 26.3 Å². The molecule has 0 aromatic heterocycles. The Morgan fingerprint density at radius 3 is 2.33 bits per heavy atom. The number of nitrogens with zero attached hydrogens (tertiary/aromatic N) is 1. The van der Waals surface area contributed by atoms with Gasteiger partial charge in [-0.25, -0.2) is 12.7 Å². The van der Waals surface area contributed by atoms with Gasteiger partial charge < -0.3 is 5.32 Å². The van der Waals surface area contributed by atoms with Gasteiger partial charge in [-0.1, -0.05) is 12.2 Å². The largest absolute Gasteiger partial charge is 0.385 e. The predicted molar refractivity (Wildman–Crippen MR) is 75.2 cm³/mol. The molecule has 0 aliphatic rings. The average Bonchev–Trinajstić information content (AvgIpc) is 2.35. The lowest BCUT2D eigenvalue weighted by Gasteiger charge is -2.12. The molecule has 0 aliphatic carbocycles. The molecule has 0 amide bonds. The van der Waals surface area contributed by atoms with Crippen molar-refractivity contribution in [3.8, 4) is 0 Å². The van der Waals surface area contributed by atoms with E-state index in [-0.39, 0.29) is 0 Å². The van der Waals surface area contributed by atoms with Crippen LogP contribution in [-0.2, 0) is 10.0 Å². The Balaban J connectivity index is 2.69. The maximum absolute atomic E-state index is 11.8. The fourth-order valence-electron chi connectivity index (χ4n) is 1.42. The van der Waals surface area contributed by atoms with E-state index in [1.807, 2.05) is 13.0 Å². The Bertz CT molecular complexity index is 490. The van der Waals surface area contributed by atoms with Crippen LogP contribution in [0.4, 0.5) is 5.69 Å². The van der Waals surface area contributed by atoms with E-state index in [0.29, 0.717) is 4.90 Å². The van der Waals surface area contributed by atoms with Gasteiger partial charge in [-0.15, -0.1) is 0 Å². The van der Waals surface area contributed by atoms with Crippen LogP contribution in [0.25, 0.3) is 0 Å². The van der Waals surface area contributed by atoms with Gasteiger partial charge in [0.25, 0.3) is 0 Å². The Morgan fingerprint density at radius 1 is 1.22 bits per heavy atom. The molecule has 100 valence electrons. The predicted octanol–water partition coefficient (Wildman–Crippen LogP) is 2.32. The number of sulfonamides is 1. The van der Waals surface area contributed by atoms with Crippen LogP contribution in [0.5, 0.6) is 0 Å². The molecule has 0 atom stereocenters. The Hall–Kier alpha value is -1.33. The molecule has 18 heavy (non-hydrogen) atoms. The fourth-order valence-corrected chi connectivity index (χ4v) is 2.32. The lowest BCUT2D eigenvalue weighted by Crippen LogP contribution is -2.22. The second-order valence-electron chi connectivity index (χ2n) is 4.10. The van der Waals surface area contributed by atoms with E-state index < -0.39 is 10.0 Å². The third-order valence-electron chi connectivity index (χ3n) is 2.51. The summed E-state index contributed by atoms with van der Waals surface area (Å²) in [4.78, 5) is 0.312.